The van der Waals surface area contributed by atoms with Gasteiger partial charge in [-0.15, -0.1) is 0 Å². The number of halogens is 3. The lowest BCUT2D eigenvalue weighted by atomic mass is 10.3. The summed E-state index contributed by atoms with van der Waals surface area (Å²) < 4.78 is 0. The van der Waals surface area contributed by atoms with Gasteiger partial charge in [0.2, 0.25) is 0 Å². The fraction of sp³-hybridized carbons (Fsp3) is 0. The minimum absolute atomic E-state index is 0.0338. The highest BCUT2D eigenvalue weighted by Gasteiger charge is 2.11. The highest BCUT2D eigenvalue weighted by Crippen LogP contribution is 2.37. The van der Waals surface area contributed by atoms with Crippen molar-refractivity contribution in [2.45, 2.75) is 9.92 Å². The number of nitrogens with zero attached hydrogens (tertiary/aromatic N) is 1. The van der Waals surface area contributed by atoms with Crippen LogP contribution in [0.2, 0.25) is 15.1 Å². The zero-order valence-electron chi connectivity index (χ0n) is 9.23. The molecule has 0 atom stereocenters. The van der Waals surface area contributed by atoms with Gasteiger partial charge in [0.25, 0.3) is 0 Å². The standard InChI is InChI=1S/C12H6Cl3NO2S/c13-7-1-2-8(14)10(4-7)19-11-9(15)3-6(5-16-11)12(17)18/h1-5H,(H,17,18). The summed E-state index contributed by atoms with van der Waals surface area (Å²) in [5.41, 5.74) is 0.0338. The summed E-state index contributed by atoms with van der Waals surface area (Å²) in [5, 5.41) is 10.6. The van der Waals surface area contributed by atoms with Gasteiger partial charge < -0.3 is 5.11 Å². The third-order valence-electron chi connectivity index (χ3n) is 2.15. The Labute approximate surface area is 128 Å². The van der Waals surface area contributed by atoms with Gasteiger partial charge in [0.1, 0.15) is 5.03 Å². The predicted octanol–water partition coefficient (Wildman–Crippen LogP) is 4.89. The van der Waals surface area contributed by atoms with Gasteiger partial charge in [-0.05, 0) is 24.3 Å². The smallest absolute Gasteiger partial charge is 0.337 e. The van der Waals surface area contributed by atoms with Gasteiger partial charge in [-0.3, -0.25) is 0 Å². The quantitative estimate of drug-likeness (QED) is 0.868. The van der Waals surface area contributed by atoms with Crippen molar-refractivity contribution in [1.29, 1.82) is 0 Å². The van der Waals surface area contributed by atoms with Gasteiger partial charge in [0.05, 0.1) is 15.6 Å². The third-order valence-corrected chi connectivity index (χ3v) is 4.31. The molecule has 0 saturated heterocycles. The second-order valence-electron chi connectivity index (χ2n) is 3.49. The molecule has 1 aromatic heterocycles. The molecule has 7 heteroatoms. The highest BCUT2D eigenvalue weighted by atomic mass is 35.5. The number of benzene rings is 1. The van der Waals surface area contributed by atoms with E-state index in [1.165, 1.54) is 24.0 Å². The highest BCUT2D eigenvalue weighted by molar-refractivity contribution is 7.99. The molecule has 19 heavy (non-hydrogen) atoms. The van der Waals surface area contributed by atoms with Crippen LogP contribution in [0.1, 0.15) is 10.4 Å². The summed E-state index contributed by atoms with van der Waals surface area (Å²) in [4.78, 5) is 15.5. The lowest BCUT2D eigenvalue weighted by Gasteiger charge is -2.06. The molecule has 0 aliphatic carbocycles. The summed E-state index contributed by atoms with van der Waals surface area (Å²) in [5.74, 6) is -1.08. The normalized spacial score (nSPS) is 10.5. The lowest BCUT2D eigenvalue weighted by molar-refractivity contribution is 0.0696. The summed E-state index contributed by atoms with van der Waals surface area (Å²) >= 11 is 19.1. The largest absolute Gasteiger partial charge is 0.478 e. The number of hydrogen-bond donors (Lipinski definition) is 1. The lowest BCUT2D eigenvalue weighted by Crippen LogP contribution is -1.97. The second kappa shape index (κ2) is 6.01. The maximum absolute atomic E-state index is 10.8. The second-order valence-corrected chi connectivity index (χ2v) is 5.77. The summed E-state index contributed by atoms with van der Waals surface area (Å²) in [6.45, 7) is 0. The van der Waals surface area contributed by atoms with Gasteiger partial charge in [-0.2, -0.15) is 0 Å². The van der Waals surface area contributed by atoms with E-state index >= 15 is 0 Å². The van der Waals surface area contributed by atoms with Crippen molar-refractivity contribution >= 4 is 52.5 Å². The molecule has 1 heterocycles. The fourth-order valence-corrected chi connectivity index (χ4v) is 2.85. The van der Waals surface area contributed by atoms with Gasteiger partial charge in [0.15, 0.2) is 0 Å². The molecule has 0 aliphatic rings. The van der Waals surface area contributed by atoms with Crippen LogP contribution in [0.25, 0.3) is 0 Å². The first kappa shape index (κ1) is 14.5. The monoisotopic (exact) mass is 333 g/mol. The summed E-state index contributed by atoms with van der Waals surface area (Å²) in [6.07, 6.45) is 1.25. The Hall–Kier alpha value is -0.940. The molecule has 2 aromatic rings. The van der Waals surface area contributed by atoms with Crippen molar-refractivity contribution in [3.63, 3.8) is 0 Å². The third kappa shape index (κ3) is 3.54. The molecule has 0 radical (unpaired) electrons. The maximum atomic E-state index is 10.8. The number of aromatic carboxylic acids is 1. The van der Waals surface area contributed by atoms with E-state index in [0.29, 0.717) is 20.0 Å². The van der Waals surface area contributed by atoms with Crippen molar-refractivity contribution < 1.29 is 9.90 Å². The minimum Gasteiger partial charge on any atom is -0.478 e. The van der Waals surface area contributed by atoms with Gasteiger partial charge in [0, 0.05) is 16.1 Å². The van der Waals surface area contributed by atoms with Crippen LogP contribution >= 0.6 is 46.6 Å². The van der Waals surface area contributed by atoms with Crippen LogP contribution < -0.4 is 0 Å². The van der Waals surface area contributed by atoms with E-state index in [1.807, 2.05) is 0 Å². The van der Waals surface area contributed by atoms with Crippen LogP contribution in [0.3, 0.4) is 0 Å². The number of pyridine rings is 1. The average molecular weight is 335 g/mol. The van der Waals surface area contributed by atoms with E-state index in [2.05, 4.69) is 4.98 Å². The molecule has 0 unspecified atom stereocenters. The van der Waals surface area contributed by atoms with Crippen LogP contribution in [-0.2, 0) is 0 Å². The average Bonchev–Trinajstić information content (AvgIpc) is 2.36. The molecule has 1 aromatic carbocycles. The van der Waals surface area contributed by atoms with Crippen LogP contribution in [-0.4, -0.2) is 16.1 Å². The molecular weight excluding hydrogens is 329 g/mol. The fourth-order valence-electron chi connectivity index (χ4n) is 1.28. The van der Waals surface area contributed by atoms with E-state index < -0.39 is 5.97 Å². The number of rotatable bonds is 3. The van der Waals surface area contributed by atoms with E-state index in [0.717, 1.165) is 0 Å². The summed E-state index contributed by atoms with van der Waals surface area (Å²) in [6, 6.07) is 6.39. The van der Waals surface area contributed by atoms with Crippen LogP contribution in [0.5, 0.6) is 0 Å². The molecule has 2 rings (SSSR count). The number of carboxylic acids is 1. The Morgan fingerprint density at radius 3 is 2.53 bits per heavy atom. The SMILES string of the molecule is O=C(O)c1cnc(Sc2cc(Cl)ccc2Cl)c(Cl)c1. The Morgan fingerprint density at radius 1 is 1.16 bits per heavy atom. The molecule has 0 spiro atoms. The first-order valence-corrected chi connectivity index (χ1v) is 6.94. The van der Waals surface area contributed by atoms with Crippen molar-refractivity contribution in [1.82, 2.24) is 4.98 Å². The van der Waals surface area contributed by atoms with Crippen molar-refractivity contribution in [3.05, 3.63) is 51.1 Å². The van der Waals surface area contributed by atoms with E-state index in [9.17, 15) is 4.79 Å². The molecule has 1 N–H and O–H groups in total. The first-order chi connectivity index (χ1) is 8.97. The van der Waals surface area contributed by atoms with Gasteiger partial charge in [-0.25, -0.2) is 9.78 Å². The Bertz CT molecular complexity index is 649. The van der Waals surface area contributed by atoms with Crippen molar-refractivity contribution in [2.75, 3.05) is 0 Å². The molecule has 0 amide bonds. The van der Waals surface area contributed by atoms with Gasteiger partial charge >= 0.3 is 5.97 Å². The number of hydrogen-bond acceptors (Lipinski definition) is 3. The molecule has 0 aliphatic heterocycles. The number of carboxylic acid groups (broad SMARTS) is 1. The molecular formula is C12H6Cl3NO2S. The van der Waals surface area contributed by atoms with Crippen LogP contribution in [0.15, 0.2) is 40.4 Å². The van der Waals surface area contributed by atoms with Crippen molar-refractivity contribution in [2.24, 2.45) is 0 Å². The maximum Gasteiger partial charge on any atom is 0.337 e. The Kier molecular flexibility index (Phi) is 4.58. The molecule has 0 saturated carbocycles. The number of aromatic nitrogens is 1. The molecule has 98 valence electrons. The molecule has 0 fully saturated rings. The minimum atomic E-state index is -1.08. The van der Waals surface area contributed by atoms with Gasteiger partial charge in [-0.1, -0.05) is 46.6 Å². The Morgan fingerprint density at radius 2 is 1.89 bits per heavy atom. The summed E-state index contributed by atoms with van der Waals surface area (Å²) in [7, 11) is 0. The molecule has 0 bridgehead atoms. The van der Waals surface area contributed by atoms with E-state index in [4.69, 9.17) is 39.9 Å². The van der Waals surface area contributed by atoms with Crippen LogP contribution in [0.4, 0.5) is 0 Å². The zero-order valence-corrected chi connectivity index (χ0v) is 12.3. The predicted molar refractivity (Wildman–Crippen MR) is 76.8 cm³/mol. The topological polar surface area (TPSA) is 50.2 Å². The van der Waals surface area contributed by atoms with Crippen molar-refractivity contribution in [3.8, 4) is 0 Å². The zero-order chi connectivity index (χ0) is 14.0. The first-order valence-electron chi connectivity index (χ1n) is 4.99. The van der Waals surface area contributed by atoms with Crippen LogP contribution in [0, 0.1) is 0 Å². The Balaban J connectivity index is 2.33. The van der Waals surface area contributed by atoms with E-state index in [1.54, 1.807) is 18.2 Å². The number of carbonyl (C=O) groups is 1. The molecule has 3 nitrogen and oxygen atoms in total. The van der Waals surface area contributed by atoms with E-state index in [-0.39, 0.29) is 10.6 Å².